The minimum Gasteiger partial charge on any atom is -0.348 e. The Balaban J connectivity index is 0.000000482. The molecule has 214 valence electrons. The topological polar surface area (TPSA) is 45.5 Å². The predicted molar refractivity (Wildman–Crippen MR) is 168 cm³/mol. The molecule has 1 aliphatic carbocycles. The maximum Gasteiger partial charge on any atom is 0.169 e. The summed E-state index contributed by atoms with van der Waals surface area (Å²) >= 11 is 0. The Labute approximate surface area is 243 Å². The molecular weight excluding hydrogens is 492 g/mol. The van der Waals surface area contributed by atoms with Gasteiger partial charge in [0.15, 0.2) is 5.79 Å². The average Bonchev–Trinajstić information content (AvgIpc) is 3.43. The van der Waals surface area contributed by atoms with Crippen LogP contribution in [0, 0.1) is 24.2 Å². The minimum absolute atomic E-state index is 0.0196. The molecule has 0 bridgehead atoms. The summed E-state index contributed by atoms with van der Waals surface area (Å²) in [5, 5.41) is 9.32. The third kappa shape index (κ3) is 9.66. The Morgan fingerprint density at radius 1 is 0.950 bits per heavy atom. The number of nitriles is 1. The molecular formula is C36H48N2O2. The predicted octanol–water partition coefficient (Wildman–Crippen LogP) is 9.62. The van der Waals surface area contributed by atoms with Gasteiger partial charge in [0, 0.05) is 25.1 Å². The van der Waals surface area contributed by atoms with Crippen molar-refractivity contribution in [3.8, 4) is 6.07 Å². The van der Waals surface area contributed by atoms with Crippen LogP contribution < -0.4 is 4.90 Å². The van der Waals surface area contributed by atoms with Gasteiger partial charge in [0.1, 0.15) is 6.10 Å². The number of allylic oxidation sites excluding steroid dienone is 1. The van der Waals surface area contributed by atoms with E-state index in [9.17, 15) is 5.26 Å². The van der Waals surface area contributed by atoms with Crippen LogP contribution in [0.4, 0.5) is 5.69 Å². The number of rotatable bonds is 5. The number of nitrogens with zero attached hydrogens (tertiary/aromatic N) is 2. The summed E-state index contributed by atoms with van der Waals surface area (Å²) in [5.41, 5.74) is 4.16. The van der Waals surface area contributed by atoms with E-state index >= 15 is 0 Å². The molecule has 3 unspecified atom stereocenters. The van der Waals surface area contributed by atoms with E-state index in [0.717, 1.165) is 37.9 Å². The van der Waals surface area contributed by atoms with Crippen molar-refractivity contribution in [1.82, 2.24) is 0 Å². The number of benzene rings is 3. The number of hydrogen-bond donors (Lipinski definition) is 0. The van der Waals surface area contributed by atoms with Gasteiger partial charge in [-0.3, -0.25) is 0 Å². The zero-order chi connectivity index (χ0) is 29.2. The van der Waals surface area contributed by atoms with Crippen LogP contribution in [-0.2, 0) is 9.47 Å². The van der Waals surface area contributed by atoms with Gasteiger partial charge < -0.3 is 14.4 Å². The quantitative estimate of drug-likeness (QED) is 0.323. The van der Waals surface area contributed by atoms with E-state index in [0.29, 0.717) is 18.1 Å². The number of hydrogen-bond acceptors (Lipinski definition) is 4. The maximum absolute atomic E-state index is 9.32. The second kappa shape index (κ2) is 18.1. The molecule has 1 saturated carbocycles. The fourth-order valence-electron chi connectivity index (χ4n) is 5.16. The summed E-state index contributed by atoms with van der Waals surface area (Å²) in [6.07, 6.45) is 8.33. The third-order valence-electron chi connectivity index (χ3n) is 6.89. The Morgan fingerprint density at radius 2 is 1.57 bits per heavy atom. The van der Waals surface area contributed by atoms with Crippen molar-refractivity contribution < 1.29 is 9.47 Å². The molecule has 1 saturated heterocycles. The van der Waals surface area contributed by atoms with Gasteiger partial charge in [0.25, 0.3) is 0 Å². The molecule has 0 aromatic heterocycles. The second-order valence-corrected chi connectivity index (χ2v) is 9.60. The maximum atomic E-state index is 9.32. The van der Waals surface area contributed by atoms with Gasteiger partial charge in [-0.2, -0.15) is 5.26 Å². The molecule has 3 atom stereocenters. The van der Waals surface area contributed by atoms with E-state index in [1.54, 1.807) is 0 Å². The lowest BCUT2D eigenvalue weighted by Gasteiger charge is -2.38. The molecule has 5 rings (SSSR count). The Hall–Kier alpha value is -3.39. The molecule has 0 N–H and O–H groups in total. The van der Waals surface area contributed by atoms with Crippen LogP contribution in [-0.4, -0.2) is 18.9 Å². The van der Waals surface area contributed by atoms with Crippen molar-refractivity contribution in [2.45, 2.75) is 79.1 Å². The summed E-state index contributed by atoms with van der Waals surface area (Å²) in [7, 11) is 0. The molecule has 2 fully saturated rings. The van der Waals surface area contributed by atoms with Crippen molar-refractivity contribution in [3.05, 3.63) is 114 Å². The van der Waals surface area contributed by atoms with Gasteiger partial charge in [0.05, 0.1) is 18.2 Å². The van der Waals surface area contributed by atoms with Gasteiger partial charge >= 0.3 is 0 Å². The summed E-state index contributed by atoms with van der Waals surface area (Å²) in [6, 6.07) is 30.5. The first-order valence-corrected chi connectivity index (χ1v) is 14.9. The molecule has 1 spiro atoms. The van der Waals surface area contributed by atoms with Crippen molar-refractivity contribution in [2.75, 3.05) is 18.1 Å². The van der Waals surface area contributed by atoms with Crippen LogP contribution in [0.1, 0.15) is 83.1 Å². The molecule has 0 amide bonds. The lowest BCUT2D eigenvalue weighted by atomic mass is 9.84. The molecule has 2 aliphatic rings. The van der Waals surface area contributed by atoms with E-state index in [4.69, 9.17) is 9.47 Å². The van der Waals surface area contributed by atoms with Crippen LogP contribution in [0.15, 0.2) is 97.2 Å². The van der Waals surface area contributed by atoms with E-state index < -0.39 is 5.79 Å². The molecule has 4 heteroatoms. The highest BCUT2D eigenvalue weighted by Crippen LogP contribution is 2.45. The van der Waals surface area contributed by atoms with Crippen molar-refractivity contribution in [1.29, 1.82) is 5.26 Å². The number of anilines is 1. The smallest absolute Gasteiger partial charge is 0.169 e. The Bertz CT molecular complexity index is 1130. The molecule has 0 radical (unpaired) electrons. The number of aryl methyl sites for hydroxylation is 1. The van der Waals surface area contributed by atoms with Crippen molar-refractivity contribution in [3.63, 3.8) is 0 Å². The fraction of sp³-hybridized carbons (Fsp3) is 0.417. The van der Waals surface area contributed by atoms with E-state index in [2.05, 4.69) is 54.4 Å². The monoisotopic (exact) mass is 540 g/mol. The summed E-state index contributed by atoms with van der Waals surface area (Å²) < 4.78 is 12.8. The SMILES string of the molecule is C/C=C\N(CC1CCCC2(C1)OCC(c1ccccc1)O2)c1cc(C#N)ccc1C.CC.CC.c1ccccc1. The summed E-state index contributed by atoms with van der Waals surface area (Å²) in [6.45, 7) is 13.7. The number of ether oxygens (including phenoxy) is 2. The highest BCUT2D eigenvalue weighted by atomic mass is 16.7. The first-order valence-electron chi connectivity index (χ1n) is 14.9. The fourth-order valence-corrected chi connectivity index (χ4v) is 5.16. The normalized spacial score (nSPS) is 21.1. The van der Waals surface area contributed by atoms with Crippen molar-refractivity contribution in [2.24, 2.45) is 5.92 Å². The second-order valence-electron chi connectivity index (χ2n) is 9.60. The lowest BCUT2D eigenvalue weighted by Crippen LogP contribution is -2.40. The molecule has 4 nitrogen and oxygen atoms in total. The zero-order valence-electron chi connectivity index (χ0n) is 25.3. The molecule has 3 aromatic carbocycles. The van der Waals surface area contributed by atoms with E-state index in [-0.39, 0.29) is 6.10 Å². The molecule has 40 heavy (non-hydrogen) atoms. The summed E-state index contributed by atoms with van der Waals surface area (Å²) in [5.74, 6) is 0.00352. The van der Waals surface area contributed by atoms with Gasteiger partial charge in [-0.25, -0.2) is 0 Å². The Morgan fingerprint density at radius 3 is 2.17 bits per heavy atom. The van der Waals surface area contributed by atoms with Crippen LogP contribution >= 0.6 is 0 Å². The molecule has 3 aromatic rings. The lowest BCUT2D eigenvalue weighted by molar-refractivity contribution is -0.196. The van der Waals surface area contributed by atoms with Gasteiger partial charge in [-0.05, 0) is 62.1 Å². The van der Waals surface area contributed by atoms with Crippen LogP contribution in [0.3, 0.4) is 0 Å². The van der Waals surface area contributed by atoms with Crippen LogP contribution in [0.5, 0.6) is 0 Å². The van der Waals surface area contributed by atoms with E-state index in [1.807, 2.05) is 95.3 Å². The van der Waals surface area contributed by atoms with Gasteiger partial charge in [-0.1, -0.05) is 107 Å². The largest absolute Gasteiger partial charge is 0.348 e. The van der Waals surface area contributed by atoms with Gasteiger partial charge in [0.2, 0.25) is 0 Å². The highest BCUT2D eigenvalue weighted by Gasteiger charge is 2.45. The van der Waals surface area contributed by atoms with Crippen molar-refractivity contribution >= 4 is 5.69 Å². The average molecular weight is 541 g/mol. The standard InChI is InChI=1S/C26H30N2O2.C6H6.2C2H6/c1-3-14-28(24-15-21(17-27)12-11-20(24)2)18-22-8-7-13-26(16-22)29-19-25(30-26)23-9-5-4-6-10-23;1-2-4-6-5-3-1;2*1-2/h3-6,9-12,14-15,22,25H,7-8,13,16,18-19H2,1-2H3;1-6H;2*1-2H3/b14-3-;;;. The first-order chi connectivity index (χ1) is 19.6. The first kappa shape index (κ1) is 32.8. The minimum atomic E-state index is -0.464. The molecule has 1 heterocycles. The molecule has 1 aliphatic heterocycles. The summed E-state index contributed by atoms with van der Waals surface area (Å²) in [4.78, 5) is 2.28. The Kier molecular flexibility index (Phi) is 14.8. The third-order valence-corrected chi connectivity index (χ3v) is 6.89. The van der Waals surface area contributed by atoms with Crippen LogP contribution in [0.25, 0.3) is 0 Å². The van der Waals surface area contributed by atoms with Crippen LogP contribution in [0.2, 0.25) is 0 Å². The highest BCUT2D eigenvalue weighted by molar-refractivity contribution is 5.59. The van der Waals surface area contributed by atoms with E-state index in [1.165, 1.54) is 11.1 Å². The van der Waals surface area contributed by atoms with Gasteiger partial charge in [-0.15, -0.1) is 0 Å². The zero-order valence-corrected chi connectivity index (χ0v) is 25.3.